The van der Waals surface area contributed by atoms with Crippen molar-refractivity contribution in [2.75, 3.05) is 29.5 Å². The molecule has 0 fully saturated rings. The molecule has 0 atom stereocenters. The molecule has 10 nitrogen and oxygen atoms in total. The number of carbonyl (C=O) groups is 1. The van der Waals surface area contributed by atoms with Crippen molar-refractivity contribution in [1.29, 1.82) is 0 Å². The Kier molecular flexibility index (Phi) is 8.03. The van der Waals surface area contributed by atoms with Crippen LogP contribution in [0.4, 0.5) is 11.4 Å². The highest BCUT2D eigenvalue weighted by Crippen LogP contribution is 2.49. The number of anilines is 1. The van der Waals surface area contributed by atoms with E-state index in [0.717, 1.165) is 22.5 Å². The zero-order chi connectivity index (χ0) is 32.2. The highest BCUT2D eigenvalue weighted by atomic mass is 32.2. The van der Waals surface area contributed by atoms with Gasteiger partial charge < -0.3 is 10.0 Å². The molecule has 2 aliphatic heterocycles. The highest BCUT2D eigenvalue weighted by Gasteiger charge is 2.46. The van der Waals surface area contributed by atoms with Crippen LogP contribution in [0.3, 0.4) is 0 Å². The number of allylic oxidation sites excluding steroid dienone is 5. The number of benzene rings is 2. The van der Waals surface area contributed by atoms with Crippen LogP contribution in [0.25, 0.3) is 0 Å². The average Bonchev–Trinajstić information content (AvgIpc) is 3.27. The zero-order valence-corrected chi connectivity index (χ0v) is 26.7. The summed E-state index contributed by atoms with van der Waals surface area (Å²) in [5.74, 6) is -1.66. The quantitative estimate of drug-likeness (QED) is 0.226. The summed E-state index contributed by atoms with van der Waals surface area (Å²) >= 11 is 0. The Morgan fingerprint density at radius 3 is 2.07 bits per heavy atom. The Morgan fingerprint density at radius 2 is 1.43 bits per heavy atom. The van der Waals surface area contributed by atoms with E-state index in [1.807, 2.05) is 85.7 Å². The van der Waals surface area contributed by atoms with E-state index in [4.69, 9.17) is 0 Å². The lowest BCUT2D eigenvalue weighted by atomic mass is 9.77. The third kappa shape index (κ3) is 5.79. The van der Waals surface area contributed by atoms with Gasteiger partial charge in [-0.05, 0) is 38.0 Å². The van der Waals surface area contributed by atoms with Gasteiger partial charge in [-0.2, -0.15) is 21.4 Å². The van der Waals surface area contributed by atoms with Crippen LogP contribution in [0.2, 0.25) is 0 Å². The third-order valence-corrected chi connectivity index (χ3v) is 10.3. The van der Waals surface area contributed by atoms with E-state index >= 15 is 0 Å². The molecule has 1 aliphatic carbocycles. The number of hydrogen-bond acceptors (Lipinski definition) is 7. The monoisotopic (exact) mass is 640 g/mol. The van der Waals surface area contributed by atoms with Gasteiger partial charge in [0, 0.05) is 58.6 Å². The van der Waals surface area contributed by atoms with E-state index in [0.29, 0.717) is 11.4 Å². The van der Waals surface area contributed by atoms with E-state index in [-0.39, 0.29) is 37.1 Å². The van der Waals surface area contributed by atoms with Crippen molar-refractivity contribution < 1.29 is 40.4 Å². The summed E-state index contributed by atoms with van der Waals surface area (Å²) in [5, 5.41) is 13.6. The fourth-order valence-electron chi connectivity index (χ4n) is 6.46. The van der Waals surface area contributed by atoms with E-state index in [1.165, 1.54) is 0 Å². The summed E-state index contributed by atoms with van der Waals surface area (Å²) in [5.41, 5.74) is 3.86. The van der Waals surface area contributed by atoms with Crippen molar-refractivity contribution in [3.05, 3.63) is 94.4 Å². The summed E-state index contributed by atoms with van der Waals surface area (Å²) in [6.45, 7) is 8.42. The number of fused-ring (bicyclic) bond motifs is 2. The number of nitrogens with zero attached hydrogens (tertiary/aromatic N) is 2. The molecule has 2 N–H and O–H groups in total. The SMILES string of the molecule is CC1(C)C(/C=C2\C(=O)C(/C=C3\N(CCCS(=O)(=O)O)c4ccccc4C3(C)C)=C2[O-])=[N+](CCCS(=O)(=O)O)c2ccccc21. The number of ketones is 1. The van der Waals surface area contributed by atoms with Crippen molar-refractivity contribution in [2.24, 2.45) is 0 Å². The van der Waals surface area contributed by atoms with Crippen molar-refractivity contribution >= 4 is 43.1 Å². The van der Waals surface area contributed by atoms with Crippen LogP contribution in [0, 0.1) is 0 Å². The van der Waals surface area contributed by atoms with Gasteiger partial charge in [0.1, 0.15) is 6.54 Å². The molecule has 2 aromatic carbocycles. The topological polar surface area (TPSA) is 155 Å². The van der Waals surface area contributed by atoms with Crippen LogP contribution >= 0.6 is 0 Å². The molecular weight excluding hydrogens is 604 g/mol. The van der Waals surface area contributed by atoms with Gasteiger partial charge in [-0.3, -0.25) is 13.9 Å². The minimum absolute atomic E-state index is 0.0266. The molecule has 12 heteroatoms. The van der Waals surface area contributed by atoms with Gasteiger partial charge in [-0.15, -0.1) is 0 Å². The molecule has 2 heterocycles. The first-order chi connectivity index (χ1) is 20.4. The number of rotatable bonds is 10. The fraction of sp³-hybridized carbons (Fsp3) is 0.375. The maximum atomic E-state index is 13.6. The van der Waals surface area contributed by atoms with Gasteiger partial charge in [-0.25, -0.2) is 0 Å². The molecule has 0 amide bonds. The second-order valence-electron chi connectivity index (χ2n) is 12.4. The Bertz CT molecular complexity index is 1900. The smallest absolute Gasteiger partial charge is 0.265 e. The molecule has 0 radical (unpaired) electrons. The van der Waals surface area contributed by atoms with E-state index in [1.54, 1.807) is 12.2 Å². The summed E-state index contributed by atoms with van der Waals surface area (Å²) in [6.07, 6.45) is 3.48. The second-order valence-corrected chi connectivity index (χ2v) is 15.6. The largest absolute Gasteiger partial charge is 0.871 e. The summed E-state index contributed by atoms with van der Waals surface area (Å²) in [6, 6.07) is 15.2. The van der Waals surface area contributed by atoms with E-state index in [2.05, 4.69) is 0 Å². The molecule has 44 heavy (non-hydrogen) atoms. The third-order valence-electron chi connectivity index (χ3n) is 8.71. The van der Waals surface area contributed by atoms with E-state index < -0.39 is 54.1 Å². The molecular formula is C32H36N2O8S2. The van der Waals surface area contributed by atoms with Gasteiger partial charge in [0.2, 0.25) is 5.69 Å². The predicted octanol–water partition coefficient (Wildman–Crippen LogP) is 3.42. The zero-order valence-electron chi connectivity index (χ0n) is 25.1. The first-order valence-electron chi connectivity index (χ1n) is 14.4. The van der Waals surface area contributed by atoms with Crippen molar-refractivity contribution in [3.8, 4) is 0 Å². The molecule has 0 unspecified atom stereocenters. The Hall–Kier alpha value is -3.58. The first-order valence-corrected chi connectivity index (χ1v) is 17.6. The van der Waals surface area contributed by atoms with Gasteiger partial charge in [0.25, 0.3) is 20.2 Å². The first kappa shape index (κ1) is 31.8. The second kappa shape index (κ2) is 11.1. The maximum absolute atomic E-state index is 13.6. The maximum Gasteiger partial charge on any atom is 0.265 e. The molecule has 5 rings (SSSR count). The summed E-state index contributed by atoms with van der Waals surface area (Å²) < 4.78 is 65.9. The van der Waals surface area contributed by atoms with Crippen molar-refractivity contribution in [1.82, 2.24) is 0 Å². The van der Waals surface area contributed by atoms with Crippen LogP contribution in [0.15, 0.2) is 83.3 Å². The number of Topliss-reactive ketones (excluding diaryl/α,β-unsaturated/α-hetero) is 1. The van der Waals surface area contributed by atoms with Crippen LogP contribution in [0.5, 0.6) is 0 Å². The molecule has 234 valence electrons. The van der Waals surface area contributed by atoms with Gasteiger partial charge in [0.15, 0.2) is 11.5 Å². The predicted molar refractivity (Wildman–Crippen MR) is 166 cm³/mol. The molecule has 3 aliphatic rings. The van der Waals surface area contributed by atoms with Crippen LogP contribution in [0.1, 0.15) is 51.7 Å². The lowest BCUT2D eigenvalue weighted by Crippen LogP contribution is -2.35. The molecule has 2 aromatic rings. The number of carbonyl (C=O) groups excluding carboxylic acids is 1. The van der Waals surface area contributed by atoms with Crippen molar-refractivity contribution in [2.45, 2.75) is 51.4 Å². The van der Waals surface area contributed by atoms with E-state index in [9.17, 15) is 35.8 Å². The number of para-hydroxylation sites is 2. The van der Waals surface area contributed by atoms with Gasteiger partial charge >= 0.3 is 0 Å². The fourth-order valence-corrected chi connectivity index (χ4v) is 7.45. The lowest BCUT2D eigenvalue weighted by Gasteiger charge is -2.33. The average molecular weight is 641 g/mol. The normalized spacial score (nSPS) is 20.9. The molecule has 0 spiro atoms. The Morgan fingerprint density at radius 1 is 0.841 bits per heavy atom. The standard InChI is InChI=1S/C32H36N2O8S2/c1-31(2)23-11-5-7-13-25(23)33(15-9-17-43(37,38)39)27(31)19-21-29(35)22(30(21)36)20-28-32(3,4)24-12-6-8-14-26(24)34(28)16-10-18-44(40,41)42/h5-8,11-14,19-20H,9-10,15-18H2,1-4H3,(H2-,35,36,37,38,39,40,41,42). The van der Waals surface area contributed by atoms with Crippen molar-refractivity contribution in [3.63, 3.8) is 0 Å². The van der Waals surface area contributed by atoms with Crippen LogP contribution < -0.4 is 10.0 Å². The molecule has 0 saturated heterocycles. The molecule has 0 bridgehead atoms. The Balaban J connectivity index is 1.54. The number of hydrogen-bond donors (Lipinski definition) is 2. The van der Waals surface area contributed by atoms with Gasteiger partial charge in [-0.1, -0.05) is 56.0 Å². The molecule has 0 aromatic heterocycles. The van der Waals surface area contributed by atoms with Gasteiger partial charge in [0.05, 0.1) is 16.9 Å². The Labute approximate surface area is 258 Å². The molecule has 0 saturated carbocycles. The lowest BCUT2D eigenvalue weighted by molar-refractivity contribution is -0.437. The highest BCUT2D eigenvalue weighted by molar-refractivity contribution is 7.86. The van der Waals surface area contributed by atoms with Crippen LogP contribution in [-0.2, 0) is 35.9 Å². The summed E-state index contributed by atoms with van der Waals surface area (Å²) in [4.78, 5) is 15.5. The minimum atomic E-state index is -4.16. The summed E-state index contributed by atoms with van der Waals surface area (Å²) in [7, 11) is -8.31. The van der Waals surface area contributed by atoms with Crippen LogP contribution in [-0.4, -0.2) is 66.6 Å². The minimum Gasteiger partial charge on any atom is -0.871 e.